The summed E-state index contributed by atoms with van der Waals surface area (Å²) in [5.41, 5.74) is 6.99. The third kappa shape index (κ3) is 5.99. The van der Waals surface area contributed by atoms with Gasteiger partial charge in [-0.1, -0.05) is 18.2 Å². The lowest BCUT2D eigenvalue weighted by atomic mass is 10.0. The van der Waals surface area contributed by atoms with Gasteiger partial charge in [-0.25, -0.2) is 5.43 Å². The Hall–Kier alpha value is -3.19. The predicted octanol–water partition coefficient (Wildman–Crippen LogP) is 5.68. The summed E-state index contributed by atoms with van der Waals surface area (Å²) in [6.45, 7) is 10.7. The molecule has 174 valence electrons. The quantitative estimate of drug-likeness (QED) is 0.217. The average molecular weight is 465 g/mol. The molecule has 33 heavy (non-hydrogen) atoms. The van der Waals surface area contributed by atoms with Crippen LogP contribution < -0.4 is 15.6 Å². The number of amides is 1. The normalized spacial score (nSPS) is 11.5. The lowest BCUT2D eigenvalue weighted by Gasteiger charge is -2.25. The summed E-state index contributed by atoms with van der Waals surface area (Å²) in [5.74, 6) is -0.325. The highest BCUT2D eigenvalue weighted by molar-refractivity contribution is 7.17. The third-order valence-electron chi connectivity index (χ3n) is 5.59. The summed E-state index contributed by atoms with van der Waals surface area (Å²) < 4.78 is 1.18. The Morgan fingerprint density at radius 2 is 1.79 bits per heavy atom. The molecule has 0 saturated heterocycles. The topological polar surface area (TPSA) is 73.8 Å². The van der Waals surface area contributed by atoms with Crippen LogP contribution in [-0.4, -0.2) is 37.0 Å². The lowest BCUT2D eigenvalue weighted by molar-refractivity contribution is -0.121. The van der Waals surface area contributed by atoms with Crippen molar-refractivity contribution in [1.29, 1.82) is 0 Å². The number of rotatable bonds is 11. The number of carbonyl (C=O) groups is 2. The fraction of sp³-hybridized carbons (Fsp3) is 0.346. The molecular formula is C26H32N4O2S. The molecule has 6 nitrogen and oxygen atoms in total. The third-order valence-corrected chi connectivity index (χ3v) is 6.55. The van der Waals surface area contributed by atoms with Gasteiger partial charge < -0.3 is 10.2 Å². The summed E-state index contributed by atoms with van der Waals surface area (Å²) in [6, 6.07) is 13.8. The maximum absolute atomic E-state index is 12.7. The number of anilines is 2. The van der Waals surface area contributed by atoms with Crippen molar-refractivity contribution in [2.24, 2.45) is 5.10 Å². The van der Waals surface area contributed by atoms with Crippen molar-refractivity contribution in [3.8, 4) is 0 Å². The summed E-state index contributed by atoms with van der Waals surface area (Å²) in [6.07, 6.45) is 0.228. The second-order valence-electron chi connectivity index (χ2n) is 7.74. The summed E-state index contributed by atoms with van der Waals surface area (Å²) in [7, 11) is 0. The van der Waals surface area contributed by atoms with E-state index in [9.17, 15) is 9.59 Å². The number of fused-ring (bicyclic) bond motifs is 1. The number of ketones is 1. The number of thiophene rings is 1. The Morgan fingerprint density at radius 1 is 1.03 bits per heavy atom. The standard InChI is InChI=1S/C26H32N4O2S/c1-5-27-22-16-19(12-13-23(22)30(6-2)7-3)24(31)14-15-26(32)29-28-18(4)21-17-33-25-11-9-8-10-20(21)25/h8-13,16-17,27H,5-7,14-15H2,1-4H3,(H,29,32)/b28-18+. The molecule has 2 aromatic carbocycles. The Morgan fingerprint density at radius 3 is 2.52 bits per heavy atom. The van der Waals surface area contributed by atoms with Crippen LogP contribution in [-0.2, 0) is 4.79 Å². The first-order valence-corrected chi connectivity index (χ1v) is 12.3. The number of hydrazone groups is 1. The van der Waals surface area contributed by atoms with Crippen molar-refractivity contribution in [1.82, 2.24) is 5.43 Å². The largest absolute Gasteiger partial charge is 0.384 e. The van der Waals surface area contributed by atoms with Crippen LogP contribution >= 0.6 is 11.3 Å². The minimum absolute atomic E-state index is 0.0556. The van der Waals surface area contributed by atoms with Gasteiger partial charge in [0.25, 0.3) is 0 Å². The Kier molecular flexibility index (Phi) is 8.60. The molecule has 0 bridgehead atoms. The van der Waals surface area contributed by atoms with Gasteiger partial charge in [-0.05, 0) is 52.0 Å². The molecule has 3 aromatic rings. The zero-order chi connectivity index (χ0) is 23.8. The molecule has 2 N–H and O–H groups in total. The van der Waals surface area contributed by atoms with E-state index in [1.165, 1.54) is 4.70 Å². The Bertz CT molecular complexity index is 1150. The lowest BCUT2D eigenvalue weighted by Crippen LogP contribution is -2.23. The fourth-order valence-electron chi connectivity index (χ4n) is 3.77. The van der Waals surface area contributed by atoms with Crippen LogP contribution in [0.4, 0.5) is 11.4 Å². The van der Waals surface area contributed by atoms with Crippen LogP contribution in [0.5, 0.6) is 0 Å². The average Bonchev–Trinajstić information content (AvgIpc) is 3.27. The number of hydrogen-bond acceptors (Lipinski definition) is 6. The smallest absolute Gasteiger partial charge is 0.240 e. The number of benzene rings is 2. The van der Waals surface area contributed by atoms with E-state index < -0.39 is 0 Å². The van der Waals surface area contributed by atoms with E-state index in [4.69, 9.17) is 0 Å². The van der Waals surface area contributed by atoms with E-state index in [-0.39, 0.29) is 24.5 Å². The van der Waals surface area contributed by atoms with Crippen LogP contribution in [0.15, 0.2) is 52.9 Å². The molecule has 0 spiro atoms. The number of nitrogens with one attached hydrogen (secondary N) is 2. The van der Waals surface area contributed by atoms with Gasteiger partial charge in [-0.3, -0.25) is 9.59 Å². The van der Waals surface area contributed by atoms with E-state index in [0.717, 1.165) is 47.7 Å². The SMILES string of the molecule is CCNc1cc(C(=O)CCC(=O)N/N=C(\C)c2csc3ccccc23)ccc1N(CC)CC. The second kappa shape index (κ2) is 11.6. The minimum atomic E-state index is -0.270. The zero-order valence-electron chi connectivity index (χ0n) is 19.8. The predicted molar refractivity (Wildman–Crippen MR) is 140 cm³/mol. The van der Waals surface area contributed by atoms with Crippen LogP contribution in [0.1, 0.15) is 56.5 Å². The van der Waals surface area contributed by atoms with Crippen LogP contribution in [0, 0.1) is 0 Å². The molecule has 3 rings (SSSR count). The monoisotopic (exact) mass is 464 g/mol. The minimum Gasteiger partial charge on any atom is -0.384 e. The Balaban J connectivity index is 1.61. The van der Waals surface area contributed by atoms with Gasteiger partial charge in [0.2, 0.25) is 5.91 Å². The maximum Gasteiger partial charge on any atom is 0.240 e. The van der Waals surface area contributed by atoms with E-state index in [2.05, 4.69) is 40.7 Å². The van der Waals surface area contributed by atoms with E-state index in [1.54, 1.807) is 11.3 Å². The van der Waals surface area contributed by atoms with Crippen molar-refractivity contribution in [2.45, 2.75) is 40.5 Å². The number of nitrogens with zero attached hydrogens (tertiary/aromatic N) is 2. The Labute approximate surface area is 199 Å². The van der Waals surface area contributed by atoms with Gasteiger partial charge in [-0.15, -0.1) is 11.3 Å². The molecule has 0 unspecified atom stereocenters. The highest BCUT2D eigenvalue weighted by Crippen LogP contribution is 2.28. The molecule has 0 aliphatic carbocycles. The molecule has 0 aliphatic rings. The van der Waals surface area contributed by atoms with Gasteiger partial charge in [0, 0.05) is 59.1 Å². The van der Waals surface area contributed by atoms with E-state index >= 15 is 0 Å². The van der Waals surface area contributed by atoms with Crippen LogP contribution in [0.25, 0.3) is 10.1 Å². The van der Waals surface area contributed by atoms with Crippen molar-refractivity contribution in [3.63, 3.8) is 0 Å². The summed E-state index contributed by atoms with van der Waals surface area (Å²) in [4.78, 5) is 27.3. The first-order chi connectivity index (χ1) is 16.0. The van der Waals surface area contributed by atoms with E-state index in [1.807, 2.05) is 55.6 Å². The molecule has 0 saturated carbocycles. The molecule has 0 aliphatic heterocycles. The van der Waals surface area contributed by atoms with E-state index in [0.29, 0.717) is 5.56 Å². The van der Waals surface area contributed by atoms with Gasteiger partial charge in [-0.2, -0.15) is 5.10 Å². The summed E-state index contributed by atoms with van der Waals surface area (Å²) >= 11 is 1.65. The molecule has 1 amide bonds. The molecule has 0 radical (unpaired) electrons. The van der Waals surface area contributed by atoms with Crippen LogP contribution in [0.3, 0.4) is 0 Å². The fourth-order valence-corrected chi connectivity index (χ4v) is 4.78. The van der Waals surface area contributed by atoms with Gasteiger partial charge >= 0.3 is 0 Å². The number of hydrogen-bond donors (Lipinski definition) is 2. The first kappa shape index (κ1) is 24.5. The molecule has 1 heterocycles. The van der Waals surface area contributed by atoms with Crippen LogP contribution in [0.2, 0.25) is 0 Å². The summed E-state index contributed by atoms with van der Waals surface area (Å²) in [5, 5.41) is 10.8. The van der Waals surface area contributed by atoms with Crippen molar-refractivity contribution >= 4 is 50.2 Å². The first-order valence-electron chi connectivity index (χ1n) is 11.4. The number of Topliss-reactive ketones (excluding diaryl/α,β-unsaturated/α-hetero) is 1. The molecule has 7 heteroatoms. The molecule has 0 fully saturated rings. The molecule has 0 atom stereocenters. The molecular weight excluding hydrogens is 432 g/mol. The maximum atomic E-state index is 12.7. The second-order valence-corrected chi connectivity index (χ2v) is 8.65. The van der Waals surface area contributed by atoms with Gasteiger partial charge in [0.1, 0.15) is 0 Å². The molecule has 1 aromatic heterocycles. The highest BCUT2D eigenvalue weighted by Gasteiger charge is 2.14. The van der Waals surface area contributed by atoms with Gasteiger partial charge in [0.05, 0.1) is 17.1 Å². The zero-order valence-corrected chi connectivity index (χ0v) is 20.6. The van der Waals surface area contributed by atoms with Crippen molar-refractivity contribution in [2.75, 3.05) is 29.9 Å². The van der Waals surface area contributed by atoms with Gasteiger partial charge in [0.15, 0.2) is 5.78 Å². The highest BCUT2D eigenvalue weighted by atomic mass is 32.1. The number of carbonyl (C=O) groups excluding carboxylic acids is 2. The van der Waals surface area contributed by atoms with Crippen molar-refractivity contribution < 1.29 is 9.59 Å². The van der Waals surface area contributed by atoms with Crippen molar-refractivity contribution in [3.05, 3.63) is 59.0 Å².